The van der Waals surface area contributed by atoms with Crippen molar-refractivity contribution in [3.8, 4) is 5.75 Å². The van der Waals surface area contributed by atoms with Gasteiger partial charge in [0.25, 0.3) is 0 Å². The summed E-state index contributed by atoms with van der Waals surface area (Å²) in [5.41, 5.74) is 2.52. The van der Waals surface area contributed by atoms with Gasteiger partial charge in [-0.1, -0.05) is 0 Å². The van der Waals surface area contributed by atoms with Gasteiger partial charge >= 0.3 is 0 Å². The zero-order chi connectivity index (χ0) is 16.7. The predicted molar refractivity (Wildman–Crippen MR) is 86.6 cm³/mol. The number of hydrogen-bond acceptors (Lipinski definition) is 4. The van der Waals surface area contributed by atoms with E-state index in [1.807, 2.05) is 15.5 Å². The van der Waals surface area contributed by atoms with Crippen LogP contribution in [-0.4, -0.2) is 39.9 Å². The van der Waals surface area contributed by atoms with Crippen LogP contribution >= 0.6 is 0 Å². The summed E-state index contributed by atoms with van der Waals surface area (Å²) in [6, 6.07) is 5.41. The summed E-state index contributed by atoms with van der Waals surface area (Å²) in [4.78, 5) is 31.0. The molecule has 0 aliphatic carbocycles. The Kier molecular flexibility index (Phi) is 3.48. The largest absolute Gasteiger partial charge is 0.497 e. The smallest absolute Gasteiger partial charge is 0.231 e. The van der Waals surface area contributed by atoms with Gasteiger partial charge in [0.2, 0.25) is 11.8 Å². The van der Waals surface area contributed by atoms with Crippen LogP contribution in [0.25, 0.3) is 0 Å². The van der Waals surface area contributed by atoms with Crippen LogP contribution in [0.3, 0.4) is 0 Å². The minimum absolute atomic E-state index is 0.0215. The molecule has 2 aliphatic rings. The van der Waals surface area contributed by atoms with E-state index >= 15 is 0 Å². The molecule has 3 heterocycles. The summed E-state index contributed by atoms with van der Waals surface area (Å²) in [6.07, 6.45) is 3.73. The summed E-state index contributed by atoms with van der Waals surface area (Å²) in [5, 5.41) is 2.83. The molecule has 1 atom stereocenters. The topological polar surface area (TPSA) is 76.5 Å². The van der Waals surface area contributed by atoms with Crippen molar-refractivity contribution in [1.82, 2.24) is 14.5 Å². The molecule has 4 rings (SSSR count). The van der Waals surface area contributed by atoms with Gasteiger partial charge in [-0.05, 0) is 23.8 Å². The van der Waals surface area contributed by atoms with Crippen molar-refractivity contribution in [2.45, 2.75) is 25.4 Å². The van der Waals surface area contributed by atoms with E-state index in [1.54, 1.807) is 31.8 Å². The Labute approximate surface area is 139 Å². The van der Waals surface area contributed by atoms with Gasteiger partial charge in [0, 0.05) is 31.4 Å². The highest BCUT2D eigenvalue weighted by molar-refractivity contribution is 6.01. The number of anilines is 1. The number of nitrogens with zero attached hydrogens (tertiary/aromatic N) is 3. The van der Waals surface area contributed by atoms with Crippen molar-refractivity contribution in [2.75, 3.05) is 19.0 Å². The number of imidazole rings is 1. The first kappa shape index (κ1) is 14.7. The van der Waals surface area contributed by atoms with Crippen molar-refractivity contribution < 1.29 is 14.3 Å². The van der Waals surface area contributed by atoms with Crippen LogP contribution < -0.4 is 10.1 Å². The molecule has 24 heavy (non-hydrogen) atoms. The number of methoxy groups -OCH3 is 1. The SMILES string of the molecule is COc1ccc2c(c1)[C@H](C(=O)N1CCn3cncc3C1)CC(=O)N2. The Morgan fingerprint density at radius 1 is 1.38 bits per heavy atom. The van der Waals surface area contributed by atoms with Crippen molar-refractivity contribution in [3.05, 3.63) is 42.0 Å². The summed E-state index contributed by atoms with van der Waals surface area (Å²) in [5.74, 6) is 0.0533. The quantitative estimate of drug-likeness (QED) is 0.904. The molecule has 2 aliphatic heterocycles. The number of ether oxygens (including phenoxy) is 1. The fourth-order valence-electron chi connectivity index (χ4n) is 3.38. The van der Waals surface area contributed by atoms with Gasteiger partial charge in [0.15, 0.2) is 0 Å². The van der Waals surface area contributed by atoms with Crippen LogP contribution in [0.4, 0.5) is 5.69 Å². The maximum atomic E-state index is 13.1. The van der Waals surface area contributed by atoms with E-state index in [0.717, 1.165) is 17.8 Å². The number of carbonyl (C=O) groups excluding carboxylic acids is 2. The van der Waals surface area contributed by atoms with Gasteiger partial charge in [-0.2, -0.15) is 0 Å². The minimum atomic E-state index is -0.474. The minimum Gasteiger partial charge on any atom is -0.497 e. The molecule has 0 saturated heterocycles. The van der Waals surface area contributed by atoms with Gasteiger partial charge in [0.05, 0.1) is 31.6 Å². The number of carbonyl (C=O) groups is 2. The normalized spacial score (nSPS) is 19.3. The lowest BCUT2D eigenvalue weighted by Crippen LogP contribution is -2.42. The average molecular weight is 326 g/mol. The molecule has 0 unspecified atom stereocenters. The van der Waals surface area contributed by atoms with Gasteiger partial charge in [0.1, 0.15) is 5.75 Å². The third kappa shape index (κ3) is 2.42. The van der Waals surface area contributed by atoms with Crippen LogP contribution in [0, 0.1) is 0 Å². The van der Waals surface area contributed by atoms with E-state index in [2.05, 4.69) is 10.3 Å². The fraction of sp³-hybridized carbons (Fsp3) is 0.353. The second kappa shape index (κ2) is 5.67. The van der Waals surface area contributed by atoms with Crippen LogP contribution in [0.15, 0.2) is 30.7 Å². The Morgan fingerprint density at radius 2 is 2.25 bits per heavy atom. The second-order valence-electron chi connectivity index (χ2n) is 6.10. The highest BCUT2D eigenvalue weighted by atomic mass is 16.5. The van der Waals surface area contributed by atoms with Gasteiger partial charge < -0.3 is 19.5 Å². The van der Waals surface area contributed by atoms with Crippen LogP contribution in [0.2, 0.25) is 0 Å². The lowest BCUT2D eigenvalue weighted by atomic mass is 9.89. The highest BCUT2D eigenvalue weighted by Crippen LogP contribution is 2.36. The van der Waals surface area contributed by atoms with Crippen molar-refractivity contribution in [2.24, 2.45) is 0 Å². The second-order valence-corrected chi connectivity index (χ2v) is 6.10. The molecular formula is C17H18N4O3. The molecule has 0 saturated carbocycles. The Bertz CT molecular complexity index is 814. The lowest BCUT2D eigenvalue weighted by Gasteiger charge is -2.33. The number of amides is 2. The van der Waals surface area contributed by atoms with E-state index in [-0.39, 0.29) is 18.2 Å². The average Bonchev–Trinajstić information content (AvgIpc) is 3.07. The Morgan fingerprint density at radius 3 is 3.08 bits per heavy atom. The van der Waals surface area contributed by atoms with E-state index in [9.17, 15) is 9.59 Å². The molecule has 0 fully saturated rings. The summed E-state index contributed by atoms with van der Waals surface area (Å²) >= 11 is 0. The van der Waals surface area contributed by atoms with Gasteiger partial charge in [-0.15, -0.1) is 0 Å². The molecule has 2 aromatic rings. The molecule has 1 N–H and O–H groups in total. The molecule has 0 bridgehead atoms. The number of rotatable bonds is 2. The van der Waals surface area contributed by atoms with Gasteiger partial charge in [-0.25, -0.2) is 4.98 Å². The van der Waals surface area contributed by atoms with Crippen molar-refractivity contribution in [1.29, 1.82) is 0 Å². The first-order chi connectivity index (χ1) is 11.7. The van der Waals surface area contributed by atoms with Crippen molar-refractivity contribution >= 4 is 17.5 Å². The van der Waals surface area contributed by atoms with Crippen molar-refractivity contribution in [3.63, 3.8) is 0 Å². The maximum absolute atomic E-state index is 13.1. The molecule has 0 radical (unpaired) electrons. The van der Waals surface area contributed by atoms with E-state index in [4.69, 9.17) is 4.74 Å². The first-order valence-corrected chi connectivity index (χ1v) is 7.91. The molecule has 1 aromatic heterocycles. The summed E-state index contributed by atoms with van der Waals surface area (Å²) in [6.45, 7) is 1.88. The molecule has 0 spiro atoms. The first-order valence-electron chi connectivity index (χ1n) is 7.91. The zero-order valence-electron chi connectivity index (χ0n) is 13.4. The Balaban J connectivity index is 1.64. The van der Waals surface area contributed by atoms with Crippen LogP contribution in [0.1, 0.15) is 23.6 Å². The monoisotopic (exact) mass is 326 g/mol. The molecule has 1 aromatic carbocycles. The number of benzene rings is 1. The fourth-order valence-corrected chi connectivity index (χ4v) is 3.38. The van der Waals surface area contributed by atoms with E-state index in [1.165, 1.54) is 0 Å². The summed E-state index contributed by atoms with van der Waals surface area (Å²) in [7, 11) is 1.59. The maximum Gasteiger partial charge on any atom is 0.231 e. The molecule has 2 amide bonds. The Hall–Kier alpha value is -2.83. The third-order valence-electron chi connectivity index (χ3n) is 4.67. The molecular weight excluding hydrogens is 308 g/mol. The predicted octanol–water partition coefficient (Wildman–Crippen LogP) is 1.36. The number of fused-ring (bicyclic) bond motifs is 2. The zero-order valence-corrected chi connectivity index (χ0v) is 13.4. The molecule has 124 valence electrons. The highest BCUT2D eigenvalue weighted by Gasteiger charge is 2.35. The number of nitrogens with one attached hydrogen (secondary N) is 1. The summed E-state index contributed by atoms with van der Waals surface area (Å²) < 4.78 is 7.32. The van der Waals surface area contributed by atoms with E-state index < -0.39 is 5.92 Å². The molecule has 7 nitrogen and oxygen atoms in total. The number of aromatic nitrogens is 2. The van der Waals surface area contributed by atoms with Gasteiger partial charge in [-0.3, -0.25) is 9.59 Å². The lowest BCUT2D eigenvalue weighted by molar-refractivity contribution is -0.136. The van der Waals surface area contributed by atoms with Crippen LogP contribution in [-0.2, 0) is 22.7 Å². The molecule has 7 heteroatoms. The third-order valence-corrected chi connectivity index (χ3v) is 4.67. The van der Waals surface area contributed by atoms with Crippen LogP contribution in [0.5, 0.6) is 5.75 Å². The number of hydrogen-bond donors (Lipinski definition) is 1. The standard InChI is InChI=1S/C17H18N4O3/c1-24-12-2-3-15-13(6-12)14(7-16(22)19-15)17(23)20-4-5-21-10-18-8-11(21)9-20/h2-3,6,8,10,14H,4-5,7,9H2,1H3,(H,19,22)/t14-/m1/s1. The van der Waals surface area contributed by atoms with E-state index in [0.29, 0.717) is 24.5 Å².